The maximum absolute atomic E-state index is 12.8. The molecular weight excluding hydrogens is 478 g/mol. The number of rotatable bonds is 7. The molecule has 1 amide bonds. The van der Waals surface area contributed by atoms with Gasteiger partial charge in [-0.05, 0) is 36.8 Å². The van der Waals surface area contributed by atoms with Crippen LogP contribution >= 0.6 is 0 Å². The van der Waals surface area contributed by atoms with Crippen LogP contribution in [0.4, 0.5) is 11.4 Å². The van der Waals surface area contributed by atoms with Crippen molar-refractivity contribution in [3.8, 4) is 17.3 Å². The Morgan fingerprint density at radius 2 is 2.08 bits per heavy atom. The number of pyridine rings is 1. The van der Waals surface area contributed by atoms with Crippen molar-refractivity contribution < 1.29 is 4.79 Å². The molecule has 0 spiro atoms. The quantitative estimate of drug-likeness (QED) is 0.336. The van der Waals surface area contributed by atoms with Crippen LogP contribution in [0.15, 0.2) is 79.6 Å². The Balaban J connectivity index is 1.19. The number of hydrogen-bond donors (Lipinski definition) is 2. The number of nitrogens with one attached hydrogen (secondary N) is 2. The second-order valence-electron chi connectivity index (χ2n) is 9.32. The largest absolute Gasteiger partial charge is 0.371 e. The van der Waals surface area contributed by atoms with E-state index in [1.54, 1.807) is 12.4 Å². The molecule has 5 heterocycles. The van der Waals surface area contributed by atoms with Crippen LogP contribution in [-0.2, 0) is 0 Å². The minimum absolute atomic E-state index is 0.0787. The van der Waals surface area contributed by atoms with Crippen LogP contribution in [0.25, 0.3) is 22.3 Å². The monoisotopic (exact) mass is 503 g/mol. The fourth-order valence-electron chi connectivity index (χ4n) is 5.11. The maximum Gasteiger partial charge on any atom is 0.274 e. The van der Waals surface area contributed by atoms with Gasteiger partial charge in [0.05, 0.1) is 30.4 Å². The number of fused-ring (bicyclic) bond motifs is 1. The average Bonchev–Trinajstić information content (AvgIpc) is 3.73. The fraction of sp³-hybridized carbons (Fsp3) is 0.214. The molecular formula is C28H25N9O. The zero-order valence-corrected chi connectivity index (χ0v) is 20.5. The third-order valence-electron chi connectivity index (χ3n) is 7.01. The number of aromatic amines is 1. The van der Waals surface area contributed by atoms with E-state index >= 15 is 0 Å². The van der Waals surface area contributed by atoms with Gasteiger partial charge in [-0.2, -0.15) is 10.4 Å². The lowest BCUT2D eigenvalue weighted by Gasteiger charge is -2.23. The van der Waals surface area contributed by atoms with E-state index in [0.29, 0.717) is 12.1 Å². The molecule has 188 valence electrons. The number of hydrogen-bond acceptors (Lipinski definition) is 7. The number of para-hydroxylation sites is 1. The summed E-state index contributed by atoms with van der Waals surface area (Å²) >= 11 is 0. The van der Waals surface area contributed by atoms with Gasteiger partial charge >= 0.3 is 0 Å². The van der Waals surface area contributed by atoms with Crippen molar-refractivity contribution in [2.75, 3.05) is 23.3 Å². The third kappa shape index (κ3) is 4.57. The molecule has 5 aromatic rings. The predicted octanol–water partition coefficient (Wildman–Crippen LogP) is 4.45. The number of carbonyl (C=O) groups excluding carboxylic acids is 1. The highest BCUT2D eigenvalue weighted by atomic mass is 16.1. The highest BCUT2D eigenvalue weighted by molar-refractivity contribution is 6.03. The Kier molecular flexibility index (Phi) is 6.24. The zero-order valence-electron chi connectivity index (χ0n) is 20.5. The highest BCUT2D eigenvalue weighted by Gasteiger charge is 2.32. The third-order valence-corrected chi connectivity index (χ3v) is 7.01. The second-order valence-corrected chi connectivity index (χ2v) is 9.32. The molecule has 0 aliphatic carbocycles. The van der Waals surface area contributed by atoms with E-state index in [2.05, 4.69) is 41.3 Å². The van der Waals surface area contributed by atoms with Crippen LogP contribution < -0.4 is 10.2 Å². The van der Waals surface area contributed by atoms with Crippen molar-refractivity contribution in [3.05, 3.63) is 85.3 Å². The highest BCUT2D eigenvalue weighted by Crippen LogP contribution is 2.34. The molecule has 0 saturated carbocycles. The topological polar surface area (TPSA) is 128 Å². The van der Waals surface area contributed by atoms with Crippen LogP contribution in [0.2, 0.25) is 0 Å². The minimum atomic E-state index is -0.249. The van der Waals surface area contributed by atoms with Gasteiger partial charge in [-0.3, -0.25) is 14.5 Å². The maximum atomic E-state index is 12.8. The summed E-state index contributed by atoms with van der Waals surface area (Å²) in [5, 5.41) is 18.1. The van der Waals surface area contributed by atoms with E-state index < -0.39 is 0 Å². The van der Waals surface area contributed by atoms with Gasteiger partial charge in [-0.15, -0.1) is 0 Å². The predicted molar refractivity (Wildman–Crippen MR) is 143 cm³/mol. The number of anilines is 2. The average molecular weight is 504 g/mol. The van der Waals surface area contributed by atoms with Gasteiger partial charge in [0.2, 0.25) is 0 Å². The Bertz CT molecular complexity index is 1620. The molecule has 38 heavy (non-hydrogen) atoms. The summed E-state index contributed by atoms with van der Waals surface area (Å²) in [6.45, 7) is 1.57. The van der Waals surface area contributed by atoms with Crippen molar-refractivity contribution in [3.63, 3.8) is 0 Å². The van der Waals surface area contributed by atoms with Crippen LogP contribution in [-0.4, -0.2) is 48.7 Å². The summed E-state index contributed by atoms with van der Waals surface area (Å²) < 4.78 is 1.90. The molecule has 4 aromatic heterocycles. The van der Waals surface area contributed by atoms with E-state index in [1.165, 1.54) is 6.33 Å². The van der Waals surface area contributed by atoms with Gasteiger partial charge in [0.1, 0.15) is 17.7 Å². The van der Waals surface area contributed by atoms with Crippen LogP contribution in [0.5, 0.6) is 0 Å². The van der Waals surface area contributed by atoms with Gasteiger partial charge < -0.3 is 15.2 Å². The zero-order chi connectivity index (χ0) is 25.9. The number of carbonyl (C=O) groups is 1. The molecule has 1 fully saturated rings. The fourth-order valence-corrected chi connectivity index (χ4v) is 5.11. The number of nitrogens with zero attached hydrogens (tertiary/aromatic N) is 7. The molecule has 1 aliphatic heterocycles. The first-order valence-electron chi connectivity index (χ1n) is 12.5. The standard InChI is InChI=1S/C28H25N9O/c29-10-6-25(37-17-20(15-34-37)26-23-8-12-31-27(23)33-18-32-26)19-9-13-36(16-19)22-7-11-30-24(14-22)28(38)35-21-4-2-1-3-5-21/h1-5,7-8,11-12,14-15,17-19,25H,6,9,13,16H2,(H,35,38)(H,31,32,33). The number of nitriles is 1. The Morgan fingerprint density at radius 3 is 2.95 bits per heavy atom. The van der Waals surface area contributed by atoms with E-state index in [9.17, 15) is 10.1 Å². The number of benzene rings is 1. The summed E-state index contributed by atoms with van der Waals surface area (Å²) in [6.07, 6.45) is 10.1. The summed E-state index contributed by atoms with van der Waals surface area (Å²) in [7, 11) is 0. The molecule has 10 heteroatoms. The molecule has 1 saturated heterocycles. The van der Waals surface area contributed by atoms with Crippen molar-refractivity contribution in [1.82, 2.24) is 29.7 Å². The van der Waals surface area contributed by atoms with Crippen LogP contribution in [0, 0.1) is 17.2 Å². The molecule has 1 aromatic carbocycles. The first kappa shape index (κ1) is 23.4. The Labute approximate surface area is 219 Å². The van der Waals surface area contributed by atoms with Gasteiger partial charge in [0.25, 0.3) is 5.91 Å². The molecule has 2 N–H and O–H groups in total. The van der Waals surface area contributed by atoms with Crippen molar-refractivity contribution in [2.24, 2.45) is 5.92 Å². The number of aromatic nitrogens is 6. The summed E-state index contributed by atoms with van der Waals surface area (Å²) in [4.78, 5) is 31.1. The van der Waals surface area contributed by atoms with E-state index in [1.807, 2.05) is 65.6 Å². The minimum Gasteiger partial charge on any atom is -0.371 e. The molecule has 10 nitrogen and oxygen atoms in total. The van der Waals surface area contributed by atoms with E-state index in [0.717, 1.165) is 53.2 Å². The summed E-state index contributed by atoms with van der Waals surface area (Å²) in [6, 6.07) is 17.3. The lowest BCUT2D eigenvalue weighted by molar-refractivity contribution is 0.102. The lowest BCUT2D eigenvalue weighted by Crippen LogP contribution is -2.25. The van der Waals surface area contributed by atoms with E-state index in [-0.39, 0.29) is 17.9 Å². The van der Waals surface area contributed by atoms with Crippen LogP contribution in [0.3, 0.4) is 0 Å². The molecule has 0 bridgehead atoms. The molecule has 6 rings (SSSR count). The Hall–Kier alpha value is -5.04. The number of amides is 1. The van der Waals surface area contributed by atoms with Gasteiger partial charge in [-0.25, -0.2) is 9.97 Å². The van der Waals surface area contributed by atoms with Gasteiger partial charge in [-0.1, -0.05) is 18.2 Å². The van der Waals surface area contributed by atoms with Crippen molar-refractivity contribution in [1.29, 1.82) is 5.26 Å². The number of H-pyrrole nitrogens is 1. The lowest BCUT2D eigenvalue weighted by atomic mass is 9.96. The normalized spacial score (nSPS) is 15.9. The first-order chi connectivity index (χ1) is 18.7. The molecule has 2 unspecified atom stereocenters. The van der Waals surface area contributed by atoms with Gasteiger partial charge in [0.15, 0.2) is 0 Å². The smallest absolute Gasteiger partial charge is 0.274 e. The van der Waals surface area contributed by atoms with Crippen molar-refractivity contribution in [2.45, 2.75) is 18.9 Å². The Morgan fingerprint density at radius 1 is 1.18 bits per heavy atom. The summed E-state index contributed by atoms with van der Waals surface area (Å²) in [5.74, 6) is -0.0312. The van der Waals surface area contributed by atoms with Gasteiger partial charge in [0, 0.05) is 59.9 Å². The molecule has 0 radical (unpaired) electrons. The molecule has 1 aliphatic rings. The first-order valence-corrected chi connectivity index (χ1v) is 12.5. The second kappa shape index (κ2) is 10.1. The van der Waals surface area contributed by atoms with E-state index in [4.69, 9.17) is 0 Å². The van der Waals surface area contributed by atoms with Crippen molar-refractivity contribution >= 4 is 28.3 Å². The molecule has 2 atom stereocenters. The SMILES string of the molecule is N#CCC(C1CCN(c2ccnc(C(=O)Nc3ccccc3)c2)C1)n1cc(-c2ncnc3[nH]ccc23)cn1. The summed E-state index contributed by atoms with van der Waals surface area (Å²) in [5.41, 5.74) is 4.50. The van der Waals surface area contributed by atoms with Crippen LogP contribution in [0.1, 0.15) is 29.4 Å².